The molecule has 1 aromatic heterocycles. The van der Waals surface area contributed by atoms with Gasteiger partial charge in [0, 0.05) is 16.5 Å². The minimum Gasteiger partial charge on any atom is -0.493 e. The van der Waals surface area contributed by atoms with Crippen molar-refractivity contribution in [2.24, 2.45) is 0 Å². The van der Waals surface area contributed by atoms with E-state index in [1.165, 1.54) is 12.4 Å². The minimum atomic E-state index is -0.472. The number of benzene rings is 2. The van der Waals surface area contributed by atoms with Crippen LogP contribution in [0.1, 0.15) is 0 Å². The number of aromatic nitrogens is 2. The summed E-state index contributed by atoms with van der Waals surface area (Å²) < 4.78 is 30.4. The number of nitrogens with zero attached hydrogens (tertiary/aromatic N) is 2. The van der Waals surface area contributed by atoms with Gasteiger partial charge in [0.15, 0.2) is 11.5 Å². The lowest BCUT2D eigenvalue weighted by molar-refractivity contribution is 0.252. The summed E-state index contributed by atoms with van der Waals surface area (Å²) in [5.74, 6) is 1.08. The van der Waals surface area contributed by atoms with Crippen LogP contribution in [-0.2, 0) is 4.74 Å². The molecule has 0 unspecified atom stereocenters. The number of nitrogens with one attached hydrogen (secondary N) is 1. The van der Waals surface area contributed by atoms with Crippen LogP contribution in [0.3, 0.4) is 0 Å². The van der Waals surface area contributed by atoms with E-state index >= 15 is 0 Å². The van der Waals surface area contributed by atoms with Crippen LogP contribution in [0, 0.1) is 5.82 Å². The smallest absolute Gasteiger partial charge is 0.163 e. The standard InChI is InChI=1S/C18H15ClFN3O3/c1-24-16-5-12-15(6-17(16)26-8-11-7-25-11)21-9-22-18(12)23-14-3-2-10(19)4-13(14)20/h2-6,9,11H,7-8H2,1H3,(H,21,22,23)/t11-/m0/s1. The van der Waals surface area contributed by atoms with Crippen molar-refractivity contribution >= 4 is 34.0 Å². The molecule has 2 heterocycles. The van der Waals surface area contributed by atoms with Gasteiger partial charge in [0.1, 0.15) is 30.7 Å². The molecule has 6 nitrogen and oxygen atoms in total. The van der Waals surface area contributed by atoms with Gasteiger partial charge in [-0.2, -0.15) is 0 Å². The monoisotopic (exact) mass is 375 g/mol. The highest BCUT2D eigenvalue weighted by molar-refractivity contribution is 6.30. The largest absolute Gasteiger partial charge is 0.493 e. The Bertz CT molecular complexity index is 966. The van der Waals surface area contributed by atoms with Gasteiger partial charge in [0.05, 0.1) is 24.9 Å². The molecular formula is C18H15ClFN3O3. The zero-order valence-electron chi connectivity index (χ0n) is 13.8. The third kappa shape index (κ3) is 3.49. The lowest BCUT2D eigenvalue weighted by Crippen LogP contribution is -2.05. The van der Waals surface area contributed by atoms with E-state index in [0.717, 1.165) is 0 Å². The van der Waals surface area contributed by atoms with Crippen molar-refractivity contribution in [1.82, 2.24) is 9.97 Å². The van der Waals surface area contributed by atoms with Crippen molar-refractivity contribution in [2.45, 2.75) is 6.10 Å². The van der Waals surface area contributed by atoms with Crippen molar-refractivity contribution < 1.29 is 18.6 Å². The molecule has 0 saturated carbocycles. The van der Waals surface area contributed by atoms with Crippen LogP contribution in [0.2, 0.25) is 5.02 Å². The van der Waals surface area contributed by atoms with E-state index in [0.29, 0.717) is 46.5 Å². The van der Waals surface area contributed by atoms with Gasteiger partial charge in [-0.25, -0.2) is 14.4 Å². The number of ether oxygens (including phenoxy) is 3. The quantitative estimate of drug-likeness (QED) is 0.658. The zero-order chi connectivity index (χ0) is 18.1. The van der Waals surface area contributed by atoms with E-state index in [1.54, 1.807) is 31.4 Å². The van der Waals surface area contributed by atoms with Crippen molar-refractivity contribution in [3.8, 4) is 11.5 Å². The second-order valence-electron chi connectivity index (χ2n) is 5.76. The number of hydrogen-bond acceptors (Lipinski definition) is 6. The van der Waals surface area contributed by atoms with E-state index in [2.05, 4.69) is 15.3 Å². The summed E-state index contributed by atoms with van der Waals surface area (Å²) >= 11 is 5.80. The molecule has 0 spiro atoms. The predicted molar refractivity (Wildman–Crippen MR) is 96.0 cm³/mol. The second-order valence-corrected chi connectivity index (χ2v) is 6.19. The SMILES string of the molecule is COc1cc2c(Nc3ccc(Cl)cc3F)ncnc2cc1OC[C@@H]1CO1. The topological polar surface area (TPSA) is 68.8 Å². The second kappa shape index (κ2) is 6.93. The number of halogens is 2. The summed E-state index contributed by atoms with van der Waals surface area (Å²) in [7, 11) is 1.55. The van der Waals surface area contributed by atoms with Crippen molar-refractivity contribution in [3.05, 3.63) is 47.5 Å². The van der Waals surface area contributed by atoms with Crippen molar-refractivity contribution in [2.75, 3.05) is 25.6 Å². The Morgan fingerprint density at radius 2 is 2.12 bits per heavy atom. The fourth-order valence-electron chi connectivity index (χ4n) is 2.50. The Kier molecular flexibility index (Phi) is 4.48. The molecule has 0 amide bonds. The maximum Gasteiger partial charge on any atom is 0.163 e. The molecule has 0 aliphatic carbocycles. The highest BCUT2D eigenvalue weighted by Crippen LogP contribution is 2.35. The summed E-state index contributed by atoms with van der Waals surface area (Å²) in [5.41, 5.74) is 0.906. The van der Waals surface area contributed by atoms with Crippen LogP contribution in [0.4, 0.5) is 15.9 Å². The van der Waals surface area contributed by atoms with Crippen LogP contribution in [-0.4, -0.2) is 36.4 Å². The van der Waals surface area contributed by atoms with Gasteiger partial charge in [-0.05, 0) is 24.3 Å². The van der Waals surface area contributed by atoms with Gasteiger partial charge in [-0.15, -0.1) is 0 Å². The number of rotatable bonds is 6. The zero-order valence-corrected chi connectivity index (χ0v) is 14.6. The third-order valence-electron chi connectivity index (χ3n) is 3.93. The first-order valence-electron chi connectivity index (χ1n) is 7.93. The number of epoxide rings is 1. The average molecular weight is 376 g/mol. The third-order valence-corrected chi connectivity index (χ3v) is 4.17. The predicted octanol–water partition coefficient (Wildman–Crippen LogP) is 3.95. The number of methoxy groups -OCH3 is 1. The van der Waals surface area contributed by atoms with E-state index < -0.39 is 5.82 Å². The molecule has 0 bridgehead atoms. The Morgan fingerprint density at radius 1 is 1.27 bits per heavy atom. The van der Waals surface area contributed by atoms with E-state index in [1.807, 2.05) is 0 Å². The molecule has 2 aromatic carbocycles. The van der Waals surface area contributed by atoms with Gasteiger partial charge in [0.25, 0.3) is 0 Å². The fourth-order valence-corrected chi connectivity index (χ4v) is 2.66. The maximum atomic E-state index is 14.1. The summed E-state index contributed by atoms with van der Waals surface area (Å²) in [4.78, 5) is 8.48. The summed E-state index contributed by atoms with van der Waals surface area (Å²) in [6.07, 6.45) is 1.53. The minimum absolute atomic E-state index is 0.130. The van der Waals surface area contributed by atoms with Crippen LogP contribution in [0.25, 0.3) is 10.9 Å². The molecule has 8 heteroatoms. The van der Waals surface area contributed by atoms with Crippen LogP contribution < -0.4 is 14.8 Å². The Hall–Kier alpha value is -2.64. The number of hydrogen-bond donors (Lipinski definition) is 1. The lowest BCUT2D eigenvalue weighted by Gasteiger charge is -2.13. The molecule has 4 rings (SSSR count). The van der Waals surface area contributed by atoms with Gasteiger partial charge in [0.2, 0.25) is 0 Å². The fraction of sp³-hybridized carbons (Fsp3) is 0.222. The summed E-state index contributed by atoms with van der Waals surface area (Å²) in [6.45, 7) is 1.16. The highest BCUT2D eigenvalue weighted by Gasteiger charge is 2.24. The van der Waals surface area contributed by atoms with Crippen LogP contribution in [0.5, 0.6) is 11.5 Å². The molecule has 1 saturated heterocycles. The molecule has 3 aromatic rings. The van der Waals surface area contributed by atoms with Gasteiger partial charge in [-0.1, -0.05) is 11.6 Å². The van der Waals surface area contributed by atoms with Gasteiger partial charge < -0.3 is 19.5 Å². The van der Waals surface area contributed by atoms with E-state index in [4.69, 9.17) is 25.8 Å². The summed E-state index contributed by atoms with van der Waals surface area (Å²) in [5, 5.41) is 3.97. The molecule has 1 atom stereocenters. The van der Waals surface area contributed by atoms with Gasteiger partial charge >= 0.3 is 0 Å². The molecule has 1 aliphatic rings. The van der Waals surface area contributed by atoms with Gasteiger partial charge in [-0.3, -0.25) is 0 Å². The molecule has 1 aliphatic heterocycles. The van der Waals surface area contributed by atoms with Crippen molar-refractivity contribution in [1.29, 1.82) is 0 Å². The normalized spacial score (nSPS) is 15.7. The molecule has 1 N–H and O–H groups in total. The highest BCUT2D eigenvalue weighted by atomic mass is 35.5. The Morgan fingerprint density at radius 3 is 2.85 bits per heavy atom. The Labute approximate surface area is 153 Å². The lowest BCUT2D eigenvalue weighted by atomic mass is 10.2. The van der Waals surface area contributed by atoms with Crippen LogP contribution >= 0.6 is 11.6 Å². The first-order chi connectivity index (χ1) is 12.6. The first-order valence-corrected chi connectivity index (χ1v) is 8.31. The van der Waals surface area contributed by atoms with Crippen LogP contribution in [0.15, 0.2) is 36.7 Å². The molecule has 134 valence electrons. The molecule has 0 radical (unpaired) electrons. The number of anilines is 2. The Balaban J connectivity index is 1.70. The van der Waals surface area contributed by atoms with E-state index in [-0.39, 0.29) is 11.8 Å². The van der Waals surface area contributed by atoms with E-state index in [9.17, 15) is 4.39 Å². The average Bonchev–Trinajstić information content (AvgIpc) is 3.46. The summed E-state index contributed by atoms with van der Waals surface area (Å²) in [6, 6.07) is 7.91. The first kappa shape index (κ1) is 16.8. The molecular weight excluding hydrogens is 361 g/mol. The molecule has 26 heavy (non-hydrogen) atoms. The van der Waals surface area contributed by atoms with Crippen molar-refractivity contribution in [3.63, 3.8) is 0 Å². The molecule has 1 fully saturated rings. The maximum absolute atomic E-state index is 14.1. The number of fused-ring (bicyclic) bond motifs is 1.